The molecule has 2 atom stereocenters. The molecule has 9 nitrogen and oxygen atoms in total. The Morgan fingerprint density at radius 3 is 2.72 bits per heavy atom. The van der Waals surface area contributed by atoms with Crippen molar-refractivity contribution in [2.45, 2.75) is 25.4 Å². The van der Waals surface area contributed by atoms with Gasteiger partial charge in [0.15, 0.2) is 21.3 Å². The van der Waals surface area contributed by atoms with Crippen LogP contribution in [0.2, 0.25) is 0 Å². The lowest BCUT2D eigenvalue weighted by atomic mass is 10.2. The van der Waals surface area contributed by atoms with Crippen LogP contribution in [-0.4, -0.2) is 50.7 Å². The van der Waals surface area contributed by atoms with Gasteiger partial charge < -0.3 is 25.4 Å². The molecule has 0 bridgehead atoms. The lowest BCUT2D eigenvalue weighted by Gasteiger charge is -2.17. The first kappa shape index (κ1) is 17.3. The van der Waals surface area contributed by atoms with Gasteiger partial charge in [0.2, 0.25) is 12.7 Å². The van der Waals surface area contributed by atoms with Gasteiger partial charge >= 0.3 is 6.03 Å². The van der Waals surface area contributed by atoms with Gasteiger partial charge in [-0.15, -0.1) is 0 Å². The van der Waals surface area contributed by atoms with Gasteiger partial charge in [0.25, 0.3) is 0 Å². The summed E-state index contributed by atoms with van der Waals surface area (Å²) in [6.07, 6.45) is 0.382. The number of sulfone groups is 1. The molecule has 136 valence electrons. The van der Waals surface area contributed by atoms with Crippen LogP contribution in [0.25, 0.3) is 0 Å². The minimum Gasteiger partial charge on any atom is -0.454 e. The number of benzene rings is 1. The first-order chi connectivity index (χ1) is 11.8. The summed E-state index contributed by atoms with van der Waals surface area (Å²) in [6.45, 7) is 1.68. The van der Waals surface area contributed by atoms with Crippen molar-refractivity contribution in [3.8, 4) is 11.5 Å². The van der Waals surface area contributed by atoms with Crippen molar-refractivity contribution in [3.63, 3.8) is 0 Å². The second-order valence-corrected chi connectivity index (χ2v) is 8.23. The summed E-state index contributed by atoms with van der Waals surface area (Å²) < 4.78 is 33.2. The highest BCUT2D eigenvalue weighted by Crippen LogP contribution is 2.34. The summed E-state index contributed by atoms with van der Waals surface area (Å²) in [5, 5.41) is 7.74. The third kappa shape index (κ3) is 4.32. The van der Waals surface area contributed by atoms with E-state index in [9.17, 15) is 18.0 Å². The van der Waals surface area contributed by atoms with Gasteiger partial charge in [-0.25, -0.2) is 13.2 Å². The number of anilines is 1. The predicted octanol–water partition coefficient (Wildman–Crippen LogP) is 0.229. The molecule has 3 N–H and O–H groups in total. The molecule has 3 amide bonds. The maximum atomic E-state index is 12.2. The molecule has 0 aliphatic carbocycles. The summed E-state index contributed by atoms with van der Waals surface area (Å²) in [5.41, 5.74) is 0.519. The van der Waals surface area contributed by atoms with Crippen molar-refractivity contribution in [3.05, 3.63) is 18.2 Å². The average molecular weight is 369 g/mol. The van der Waals surface area contributed by atoms with Crippen LogP contribution in [0.15, 0.2) is 18.2 Å². The van der Waals surface area contributed by atoms with Gasteiger partial charge in [0.05, 0.1) is 11.5 Å². The smallest absolute Gasteiger partial charge is 0.315 e. The number of rotatable bonds is 4. The Labute approximate surface area is 145 Å². The number of carbonyl (C=O) groups is 2. The van der Waals surface area contributed by atoms with Crippen LogP contribution in [0.4, 0.5) is 10.5 Å². The highest BCUT2D eigenvalue weighted by Gasteiger charge is 2.29. The zero-order valence-corrected chi connectivity index (χ0v) is 14.4. The number of ether oxygens (including phenoxy) is 2. The number of hydrogen-bond donors (Lipinski definition) is 3. The molecule has 1 saturated heterocycles. The molecule has 10 heteroatoms. The van der Waals surface area contributed by atoms with Crippen LogP contribution in [-0.2, 0) is 14.6 Å². The highest BCUT2D eigenvalue weighted by molar-refractivity contribution is 7.91. The maximum Gasteiger partial charge on any atom is 0.315 e. The highest BCUT2D eigenvalue weighted by atomic mass is 32.2. The second kappa shape index (κ2) is 6.79. The zero-order valence-electron chi connectivity index (χ0n) is 13.6. The largest absolute Gasteiger partial charge is 0.454 e. The molecule has 0 unspecified atom stereocenters. The van der Waals surface area contributed by atoms with Crippen molar-refractivity contribution in [1.29, 1.82) is 0 Å². The van der Waals surface area contributed by atoms with E-state index < -0.39 is 33.9 Å². The van der Waals surface area contributed by atoms with E-state index in [1.165, 1.54) is 6.92 Å². The van der Waals surface area contributed by atoms with Gasteiger partial charge in [0, 0.05) is 17.8 Å². The van der Waals surface area contributed by atoms with E-state index >= 15 is 0 Å². The maximum absolute atomic E-state index is 12.2. The summed E-state index contributed by atoms with van der Waals surface area (Å²) in [7, 11) is -3.08. The van der Waals surface area contributed by atoms with Gasteiger partial charge in [-0.05, 0) is 25.5 Å². The molecule has 0 spiro atoms. The molecule has 25 heavy (non-hydrogen) atoms. The topological polar surface area (TPSA) is 123 Å². The molecule has 1 fully saturated rings. The molecular formula is C15H19N3O6S. The normalized spacial score (nSPS) is 21.4. The van der Waals surface area contributed by atoms with E-state index in [-0.39, 0.29) is 18.3 Å². The lowest BCUT2D eigenvalue weighted by Crippen LogP contribution is -2.49. The lowest BCUT2D eigenvalue weighted by molar-refractivity contribution is -0.117. The third-order valence-corrected chi connectivity index (χ3v) is 5.72. The number of amides is 3. The van der Waals surface area contributed by atoms with Crippen molar-refractivity contribution in [2.75, 3.05) is 23.6 Å². The van der Waals surface area contributed by atoms with E-state index in [1.54, 1.807) is 18.2 Å². The predicted molar refractivity (Wildman–Crippen MR) is 89.4 cm³/mol. The van der Waals surface area contributed by atoms with E-state index in [2.05, 4.69) is 16.0 Å². The molecule has 2 aliphatic heterocycles. The molecule has 0 saturated carbocycles. The number of fused-ring (bicyclic) bond motifs is 1. The van der Waals surface area contributed by atoms with Crippen molar-refractivity contribution >= 4 is 27.5 Å². The number of carbonyl (C=O) groups excluding carboxylic acids is 2. The van der Waals surface area contributed by atoms with Crippen molar-refractivity contribution in [1.82, 2.24) is 10.6 Å². The average Bonchev–Trinajstić information content (AvgIpc) is 3.12. The van der Waals surface area contributed by atoms with Crippen LogP contribution in [0, 0.1) is 0 Å². The van der Waals surface area contributed by atoms with E-state index in [4.69, 9.17) is 9.47 Å². The Morgan fingerprint density at radius 1 is 1.24 bits per heavy atom. The Bertz CT molecular complexity index is 794. The fourth-order valence-electron chi connectivity index (χ4n) is 2.62. The molecule has 3 rings (SSSR count). The minimum atomic E-state index is -3.08. The second-order valence-electron chi connectivity index (χ2n) is 6.00. The van der Waals surface area contributed by atoms with Gasteiger partial charge in [-0.2, -0.15) is 0 Å². The van der Waals surface area contributed by atoms with Gasteiger partial charge in [-0.3, -0.25) is 4.79 Å². The quantitative estimate of drug-likeness (QED) is 0.698. The van der Waals surface area contributed by atoms with E-state index in [1.807, 2.05) is 0 Å². The summed E-state index contributed by atoms with van der Waals surface area (Å²) in [5.74, 6) is 0.734. The molecule has 1 aromatic rings. The van der Waals surface area contributed by atoms with Crippen LogP contribution in [0.5, 0.6) is 11.5 Å². The Kier molecular flexibility index (Phi) is 4.71. The first-order valence-corrected chi connectivity index (χ1v) is 9.62. The van der Waals surface area contributed by atoms with Crippen LogP contribution < -0.4 is 25.4 Å². The van der Waals surface area contributed by atoms with Crippen molar-refractivity contribution in [2.24, 2.45) is 0 Å². The Morgan fingerprint density at radius 2 is 2.00 bits per heavy atom. The molecule has 0 aromatic heterocycles. The Hall–Kier alpha value is -2.49. The Balaban J connectivity index is 1.49. The monoisotopic (exact) mass is 369 g/mol. The van der Waals surface area contributed by atoms with Gasteiger partial charge in [-0.1, -0.05) is 0 Å². The molecule has 2 aliphatic rings. The van der Waals surface area contributed by atoms with E-state index in [0.29, 0.717) is 23.6 Å². The number of nitrogens with one attached hydrogen (secondary N) is 3. The fourth-order valence-corrected chi connectivity index (χ4v) is 4.30. The number of hydrogen-bond acceptors (Lipinski definition) is 6. The van der Waals surface area contributed by atoms with Crippen LogP contribution in [0.1, 0.15) is 13.3 Å². The van der Waals surface area contributed by atoms with E-state index in [0.717, 1.165) is 0 Å². The molecule has 2 heterocycles. The number of urea groups is 1. The van der Waals surface area contributed by atoms with Crippen LogP contribution in [0.3, 0.4) is 0 Å². The molecular weight excluding hydrogens is 350 g/mol. The first-order valence-electron chi connectivity index (χ1n) is 7.80. The SMILES string of the molecule is C[C@H](NC(=O)N[C@H]1CCS(=O)(=O)C1)C(=O)Nc1ccc2c(c1)OCO2. The fraction of sp³-hybridized carbons (Fsp3) is 0.467. The third-order valence-electron chi connectivity index (χ3n) is 3.95. The van der Waals surface area contributed by atoms with Crippen molar-refractivity contribution < 1.29 is 27.5 Å². The van der Waals surface area contributed by atoms with Crippen LogP contribution >= 0.6 is 0 Å². The zero-order chi connectivity index (χ0) is 18.0. The summed E-state index contributed by atoms with van der Waals surface area (Å²) in [6, 6.07) is 3.19. The van der Waals surface area contributed by atoms with Gasteiger partial charge in [0.1, 0.15) is 6.04 Å². The summed E-state index contributed by atoms with van der Waals surface area (Å²) >= 11 is 0. The standard InChI is InChI=1S/C15H19N3O6S/c1-9(16-15(20)18-11-4-5-25(21,22)7-11)14(19)17-10-2-3-12-13(6-10)24-8-23-12/h2-3,6,9,11H,4-5,7-8H2,1H3,(H,17,19)(H2,16,18,20)/t9-,11-/m0/s1. The molecule has 0 radical (unpaired) electrons. The summed E-state index contributed by atoms with van der Waals surface area (Å²) in [4.78, 5) is 24.1. The molecule has 1 aromatic carbocycles. The minimum absolute atomic E-state index is 0.0676.